The summed E-state index contributed by atoms with van der Waals surface area (Å²) >= 11 is 0. The van der Waals surface area contributed by atoms with E-state index < -0.39 is 11.4 Å². The van der Waals surface area contributed by atoms with Gasteiger partial charge < -0.3 is 15.2 Å². The third-order valence-corrected chi connectivity index (χ3v) is 3.85. The lowest BCUT2D eigenvalue weighted by molar-refractivity contribution is -0.147. The zero-order valence-corrected chi connectivity index (χ0v) is 13.7. The number of carbonyl (C=O) groups is 1. The van der Waals surface area contributed by atoms with Gasteiger partial charge in [0, 0.05) is 12.7 Å². The van der Waals surface area contributed by atoms with E-state index in [-0.39, 0.29) is 0 Å². The number of para-hydroxylation sites is 2. The smallest absolute Gasteiger partial charge is 0.309 e. The van der Waals surface area contributed by atoms with Gasteiger partial charge in [-0.25, -0.2) is 4.68 Å². The molecule has 1 aromatic heterocycles. The first-order valence-corrected chi connectivity index (χ1v) is 7.56. The molecular formula is C17H23N3O3. The van der Waals surface area contributed by atoms with E-state index in [1.54, 1.807) is 27.2 Å². The van der Waals surface area contributed by atoms with Crippen LogP contribution >= 0.6 is 0 Å². The monoisotopic (exact) mass is 317 g/mol. The molecule has 0 saturated heterocycles. The van der Waals surface area contributed by atoms with Gasteiger partial charge in [0.05, 0.1) is 18.2 Å². The quantitative estimate of drug-likeness (QED) is 0.732. The number of carboxylic acids is 1. The molecule has 0 fully saturated rings. The Kier molecular flexibility index (Phi) is 5.39. The first kappa shape index (κ1) is 17.0. The lowest BCUT2D eigenvalue weighted by atomic mass is 9.90. The summed E-state index contributed by atoms with van der Waals surface area (Å²) in [7, 11) is 1.63. The van der Waals surface area contributed by atoms with Crippen molar-refractivity contribution in [1.82, 2.24) is 15.1 Å². The van der Waals surface area contributed by atoms with Crippen molar-refractivity contribution >= 4 is 5.97 Å². The molecule has 0 radical (unpaired) electrons. The number of carboxylic acid groups (broad SMARTS) is 1. The maximum atomic E-state index is 11.1. The van der Waals surface area contributed by atoms with Gasteiger partial charge in [0.15, 0.2) is 0 Å². The van der Waals surface area contributed by atoms with Crippen LogP contribution in [-0.2, 0) is 11.3 Å². The Morgan fingerprint density at radius 1 is 1.35 bits per heavy atom. The topological polar surface area (TPSA) is 76.4 Å². The molecule has 23 heavy (non-hydrogen) atoms. The number of methoxy groups -OCH3 is 1. The third kappa shape index (κ3) is 4.10. The molecule has 0 spiro atoms. The molecule has 0 atom stereocenters. The van der Waals surface area contributed by atoms with Crippen LogP contribution in [-0.4, -0.2) is 34.5 Å². The molecule has 6 heteroatoms. The highest BCUT2D eigenvalue weighted by Gasteiger charge is 2.26. The Morgan fingerprint density at radius 3 is 2.78 bits per heavy atom. The summed E-state index contributed by atoms with van der Waals surface area (Å²) in [6, 6.07) is 9.62. The maximum absolute atomic E-state index is 11.1. The standard InChI is InChI=1S/C17H23N3O3/c1-17(2,16(21)22)9-11-18-12-13-8-10-19-20(13)14-6-4-5-7-15(14)23-3/h4-8,10,18H,9,11-12H2,1-3H3,(H,21,22). The minimum atomic E-state index is -0.779. The zero-order valence-electron chi connectivity index (χ0n) is 13.7. The highest BCUT2D eigenvalue weighted by atomic mass is 16.5. The molecule has 0 aliphatic carbocycles. The summed E-state index contributed by atoms with van der Waals surface area (Å²) in [5.41, 5.74) is 1.14. The highest BCUT2D eigenvalue weighted by molar-refractivity contribution is 5.73. The average molecular weight is 317 g/mol. The van der Waals surface area contributed by atoms with Crippen molar-refractivity contribution in [2.24, 2.45) is 5.41 Å². The van der Waals surface area contributed by atoms with Crippen LogP contribution < -0.4 is 10.1 Å². The number of rotatable bonds is 8. The van der Waals surface area contributed by atoms with Crippen molar-refractivity contribution in [3.8, 4) is 11.4 Å². The average Bonchev–Trinajstić information content (AvgIpc) is 2.99. The molecule has 2 rings (SSSR count). The summed E-state index contributed by atoms with van der Waals surface area (Å²) in [5, 5.41) is 16.8. The molecule has 0 bridgehead atoms. The predicted molar refractivity (Wildman–Crippen MR) is 87.9 cm³/mol. The molecule has 0 amide bonds. The molecule has 1 heterocycles. The summed E-state index contributed by atoms with van der Waals surface area (Å²) < 4.78 is 7.20. The number of aliphatic carboxylic acids is 1. The van der Waals surface area contributed by atoms with Crippen LogP contribution in [0.2, 0.25) is 0 Å². The maximum Gasteiger partial charge on any atom is 0.309 e. The summed E-state index contributed by atoms with van der Waals surface area (Å²) in [5.74, 6) is -0.0252. The Balaban J connectivity index is 2.01. The van der Waals surface area contributed by atoms with Gasteiger partial charge in [-0.2, -0.15) is 5.10 Å². The van der Waals surface area contributed by atoms with Gasteiger partial charge in [-0.1, -0.05) is 12.1 Å². The molecule has 0 unspecified atom stereocenters. The van der Waals surface area contributed by atoms with Crippen molar-refractivity contribution in [3.05, 3.63) is 42.2 Å². The van der Waals surface area contributed by atoms with Gasteiger partial charge in [0.2, 0.25) is 0 Å². The van der Waals surface area contributed by atoms with Gasteiger partial charge in [-0.3, -0.25) is 4.79 Å². The third-order valence-electron chi connectivity index (χ3n) is 3.85. The van der Waals surface area contributed by atoms with Crippen LogP contribution in [0.15, 0.2) is 36.5 Å². The molecule has 0 aliphatic heterocycles. The van der Waals surface area contributed by atoms with Crippen LogP contribution in [0.3, 0.4) is 0 Å². The number of aromatic nitrogens is 2. The van der Waals surface area contributed by atoms with E-state index in [1.807, 2.05) is 35.0 Å². The molecule has 1 aromatic carbocycles. The fraction of sp³-hybridized carbons (Fsp3) is 0.412. The minimum Gasteiger partial charge on any atom is -0.494 e. The SMILES string of the molecule is COc1ccccc1-n1nccc1CNCCC(C)(C)C(=O)O. The second kappa shape index (κ2) is 7.28. The van der Waals surface area contributed by atoms with Crippen LogP contribution in [0.25, 0.3) is 5.69 Å². The van der Waals surface area contributed by atoms with E-state index in [0.29, 0.717) is 19.5 Å². The van der Waals surface area contributed by atoms with Crippen molar-refractivity contribution < 1.29 is 14.6 Å². The molecular weight excluding hydrogens is 294 g/mol. The number of hydrogen-bond acceptors (Lipinski definition) is 4. The van der Waals surface area contributed by atoms with Gasteiger partial charge >= 0.3 is 5.97 Å². The van der Waals surface area contributed by atoms with E-state index in [1.165, 1.54) is 0 Å². The van der Waals surface area contributed by atoms with E-state index in [9.17, 15) is 4.79 Å². The molecule has 2 aromatic rings. The van der Waals surface area contributed by atoms with Crippen LogP contribution in [0.4, 0.5) is 0 Å². The second-order valence-corrected chi connectivity index (χ2v) is 6.02. The van der Waals surface area contributed by atoms with E-state index in [0.717, 1.165) is 17.1 Å². The highest BCUT2D eigenvalue weighted by Crippen LogP contribution is 2.23. The molecule has 6 nitrogen and oxygen atoms in total. The summed E-state index contributed by atoms with van der Waals surface area (Å²) in [4.78, 5) is 11.1. The van der Waals surface area contributed by atoms with Crippen LogP contribution in [0, 0.1) is 5.41 Å². The van der Waals surface area contributed by atoms with Crippen molar-refractivity contribution in [3.63, 3.8) is 0 Å². The number of benzene rings is 1. The molecule has 0 aliphatic rings. The lowest BCUT2D eigenvalue weighted by Crippen LogP contribution is -2.29. The first-order valence-electron chi connectivity index (χ1n) is 7.56. The molecule has 124 valence electrons. The van der Waals surface area contributed by atoms with Crippen molar-refractivity contribution in [2.45, 2.75) is 26.8 Å². The number of nitrogens with one attached hydrogen (secondary N) is 1. The van der Waals surface area contributed by atoms with Crippen molar-refractivity contribution in [1.29, 1.82) is 0 Å². The van der Waals surface area contributed by atoms with Crippen LogP contribution in [0.1, 0.15) is 26.0 Å². The minimum absolute atomic E-state index is 0.561. The summed E-state index contributed by atoms with van der Waals surface area (Å²) in [6.07, 6.45) is 2.30. The van der Waals surface area contributed by atoms with Gasteiger partial charge in [0.25, 0.3) is 0 Å². The second-order valence-electron chi connectivity index (χ2n) is 6.02. The Labute approximate surface area is 136 Å². The van der Waals surface area contributed by atoms with Crippen LogP contribution in [0.5, 0.6) is 5.75 Å². The lowest BCUT2D eigenvalue weighted by Gasteiger charge is -2.19. The largest absolute Gasteiger partial charge is 0.494 e. The number of hydrogen-bond donors (Lipinski definition) is 2. The van der Waals surface area contributed by atoms with E-state index in [2.05, 4.69) is 10.4 Å². The van der Waals surface area contributed by atoms with Gasteiger partial charge in [0.1, 0.15) is 11.4 Å². The van der Waals surface area contributed by atoms with E-state index >= 15 is 0 Å². The number of ether oxygens (including phenoxy) is 1. The first-order chi connectivity index (χ1) is 11.0. The van der Waals surface area contributed by atoms with Crippen molar-refractivity contribution in [2.75, 3.05) is 13.7 Å². The molecule has 2 N–H and O–H groups in total. The van der Waals surface area contributed by atoms with Gasteiger partial charge in [-0.15, -0.1) is 0 Å². The predicted octanol–water partition coefficient (Wildman–Crippen LogP) is 2.47. The fourth-order valence-corrected chi connectivity index (χ4v) is 2.21. The fourth-order valence-electron chi connectivity index (χ4n) is 2.21. The van der Waals surface area contributed by atoms with Gasteiger partial charge in [-0.05, 0) is 45.0 Å². The Morgan fingerprint density at radius 2 is 2.09 bits per heavy atom. The molecule has 0 saturated carbocycles. The zero-order chi connectivity index (χ0) is 16.9. The Hall–Kier alpha value is -2.34. The normalized spacial score (nSPS) is 11.4. The number of nitrogens with zero attached hydrogens (tertiary/aromatic N) is 2. The Bertz CT molecular complexity index is 665. The van der Waals surface area contributed by atoms with E-state index in [4.69, 9.17) is 9.84 Å². The summed E-state index contributed by atoms with van der Waals surface area (Å²) in [6.45, 7) is 4.69.